The second-order valence-electron chi connectivity index (χ2n) is 7.10. The van der Waals surface area contributed by atoms with E-state index >= 15 is 0 Å². The Kier molecular flexibility index (Phi) is 7.07. The van der Waals surface area contributed by atoms with E-state index in [0.29, 0.717) is 13.2 Å². The summed E-state index contributed by atoms with van der Waals surface area (Å²) in [7, 11) is 0. The molecule has 0 aliphatic rings. The van der Waals surface area contributed by atoms with E-state index in [1.165, 1.54) is 0 Å². The molecule has 4 aromatic rings. The first-order valence-electron chi connectivity index (χ1n) is 10.6. The monoisotopic (exact) mass is 446 g/mol. The van der Waals surface area contributed by atoms with Gasteiger partial charge in [0.1, 0.15) is 0 Å². The Morgan fingerprint density at radius 3 is 2.38 bits per heavy atom. The zero-order valence-corrected chi connectivity index (χ0v) is 19.3. The Balaban J connectivity index is 1.67. The van der Waals surface area contributed by atoms with Crippen LogP contribution in [0, 0.1) is 6.92 Å². The minimum absolute atomic E-state index is 0.591. The zero-order chi connectivity index (χ0) is 22.3. The van der Waals surface area contributed by atoms with Gasteiger partial charge in [-0.25, -0.2) is 0 Å². The molecule has 2 aromatic carbocycles. The van der Waals surface area contributed by atoms with Gasteiger partial charge in [0.05, 0.1) is 18.9 Å². The van der Waals surface area contributed by atoms with Crippen LogP contribution < -0.4 is 9.47 Å². The van der Waals surface area contributed by atoms with E-state index < -0.39 is 0 Å². The maximum absolute atomic E-state index is 5.78. The highest BCUT2D eigenvalue weighted by Crippen LogP contribution is 2.33. The Hall–Kier alpha value is -3.32. The molecule has 2 aromatic heterocycles. The quantitative estimate of drug-likeness (QED) is 0.306. The van der Waals surface area contributed by atoms with Crippen LogP contribution in [0.4, 0.5) is 0 Å². The fraction of sp³-hybridized carbons (Fsp3) is 0.240. The minimum atomic E-state index is 0.591. The van der Waals surface area contributed by atoms with Crippen LogP contribution >= 0.6 is 11.8 Å². The molecule has 2 heterocycles. The van der Waals surface area contributed by atoms with Crippen molar-refractivity contribution in [1.82, 2.24) is 19.7 Å². The van der Waals surface area contributed by atoms with Crippen LogP contribution in [-0.2, 0) is 5.75 Å². The number of hydrogen-bond acceptors (Lipinski definition) is 6. The molecule has 0 amide bonds. The fourth-order valence-electron chi connectivity index (χ4n) is 3.42. The number of pyridine rings is 1. The van der Waals surface area contributed by atoms with Crippen molar-refractivity contribution in [3.05, 3.63) is 78.1 Å². The van der Waals surface area contributed by atoms with Crippen molar-refractivity contribution >= 4 is 11.8 Å². The first-order valence-corrected chi connectivity index (χ1v) is 11.6. The van der Waals surface area contributed by atoms with Gasteiger partial charge in [0.2, 0.25) is 0 Å². The van der Waals surface area contributed by atoms with Crippen LogP contribution in [0.25, 0.3) is 17.1 Å². The first kappa shape index (κ1) is 21.9. The maximum Gasteiger partial charge on any atom is 0.196 e. The summed E-state index contributed by atoms with van der Waals surface area (Å²) >= 11 is 1.64. The van der Waals surface area contributed by atoms with E-state index in [0.717, 1.165) is 50.6 Å². The molecular formula is C25H26N4O2S. The van der Waals surface area contributed by atoms with Crippen molar-refractivity contribution in [3.8, 4) is 28.6 Å². The number of benzene rings is 2. The molecule has 0 spiro atoms. The van der Waals surface area contributed by atoms with Gasteiger partial charge < -0.3 is 9.47 Å². The van der Waals surface area contributed by atoms with Crippen molar-refractivity contribution in [2.24, 2.45) is 0 Å². The average Bonchev–Trinajstić information content (AvgIpc) is 3.24. The highest BCUT2D eigenvalue weighted by Gasteiger charge is 2.18. The van der Waals surface area contributed by atoms with Gasteiger partial charge in [0, 0.05) is 23.7 Å². The topological polar surface area (TPSA) is 62.1 Å². The molecule has 0 N–H and O–H groups in total. The van der Waals surface area contributed by atoms with E-state index in [9.17, 15) is 0 Å². The number of hydrogen-bond donors (Lipinski definition) is 0. The van der Waals surface area contributed by atoms with Gasteiger partial charge in [0.25, 0.3) is 0 Å². The Bertz CT molecular complexity index is 1180. The molecule has 0 bridgehead atoms. The second-order valence-corrected chi connectivity index (χ2v) is 8.04. The summed E-state index contributed by atoms with van der Waals surface area (Å²) in [6.07, 6.45) is 3.54. The van der Waals surface area contributed by atoms with Gasteiger partial charge in [-0.1, -0.05) is 36.0 Å². The highest BCUT2D eigenvalue weighted by molar-refractivity contribution is 7.98. The number of aromatic nitrogens is 4. The van der Waals surface area contributed by atoms with E-state index in [1.54, 1.807) is 24.2 Å². The molecule has 0 aliphatic carbocycles. The zero-order valence-electron chi connectivity index (χ0n) is 18.5. The molecule has 0 saturated carbocycles. The molecule has 0 radical (unpaired) electrons. The summed E-state index contributed by atoms with van der Waals surface area (Å²) in [5.74, 6) is 3.06. The van der Waals surface area contributed by atoms with E-state index in [2.05, 4.69) is 44.9 Å². The van der Waals surface area contributed by atoms with Crippen LogP contribution in [0.3, 0.4) is 0 Å². The number of ether oxygens (including phenoxy) is 2. The van der Waals surface area contributed by atoms with Crippen molar-refractivity contribution in [2.45, 2.75) is 31.7 Å². The van der Waals surface area contributed by atoms with Crippen LogP contribution in [0.15, 0.2) is 72.1 Å². The Morgan fingerprint density at radius 2 is 1.62 bits per heavy atom. The summed E-state index contributed by atoms with van der Waals surface area (Å²) in [5, 5.41) is 9.88. The van der Waals surface area contributed by atoms with Crippen molar-refractivity contribution in [3.63, 3.8) is 0 Å². The number of nitrogens with zero attached hydrogens (tertiary/aromatic N) is 4. The molecular weight excluding hydrogens is 420 g/mol. The summed E-state index contributed by atoms with van der Waals surface area (Å²) in [4.78, 5) is 4.13. The van der Waals surface area contributed by atoms with E-state index in [-0.39, 0.29) is 0 Å². The summed E-state index contributed by atoms with van der Waals surface area (Å²) < 4.78 is 13.6. The predicted molar refractivity (Wildman–Crippen MR) is 128 cm³/mol. The van der Waals surface area contributed by atoms with Crippen molar-refractivity contribution in [1.29, 1.82) is 0 Å². The van der Waals surface area contributed by atoms with Crippen LogP contribution in [-0.4, -0.2) is 33.0 Å². The van der Waals surface area contributed by atoms with Gasteiger partial charge in [0.15, 0.2) is 22.5 Å². The predicted octanol–water partition coefficient (Wildman–Crippen LogP) is 5.73. The van der Waals surface area contributed by atoms with Gasteiger partial charge in [-0.15, -0.1) is 10.2 Å². The molecule has 0 unspecified atom stereocenters. The highest BCUT2D eigenvalue weighted by atomic mass is 32.2. The third-order valence-electron chi connectivity index (χ3n) is 4.90. The lowest BCUT2D eigenvalue weighted by molar-refractivity contribution is 0.287. The Labute approximate surface area is 192 Å². The molecule has 0 saturated heterocycles. The standard InChI is InChI=1S/C25H26N4O2S/c1-4-30-22-11-10-19(16-23(22)31-5-2)17-32-25-28-27-24(20-12-14-26-15-13-20)29(25)21-9-7-6-8-18(21)3/h6-16H,4-5,17H2,1-3H3. The van der Waals surface area contributed by atoms with Crippen LogP contribution in [0.5, 0.6) is 11.5 Å². The lowest BCUT2D eigenvalue weighted by Gasteiger charge is -2.14. The third-order valence-corrected chi connectivity index (χ3v) is 5.90. The van der Waals surface area contributed by atoms with Crippen molar-refractivity contribution < 1.29 is 9.47 Å². The molecule has 6 nitrogen and oxygen atoms in total. The molecule has 32 heavy (non-hydrogen) atoms. The minimum Gasteiger partial charge on any atom is -0.490 e. The second kappa shape index (κ2) is 10.3. The van der Waals surface area contributed by atoms with Crippen molar-refractivity contribution in [2.75, 3.05) is 13.2 Å². The van der Waals surface area contributed by atoms with Crippen LogP contribution in [0.2, 0.25) is 0 Å². The smallest absolute Gasteiger partial charge is 0.196 e. The number of rotatable bonds is 9. The Morgan fingerprint density at radius 1 is 0.875 bits per heavy atom. The van der Waals surface area contributed by atoms with Gasteiger partial charge in [-0.2, -0.15) is 0 Å². The van der Waals surface area contributed by atoms with E-state index in [4.69, 9.17) is 9.47 Å². The van der Waals surface area contributed by atoms with Gasteiger partial charge in [-0.05, 0) is 62.2 Å². The summed E-state index contributed by atoms with van der Waals surface area (Å²) in [5.41, 5.74) is 4.33. The van der Waals surface area contributed by atoms with Crippen LogP contribution in [0.1, 0.15) is 25.0 Å². The molecule has 0 atom stereocenters. The average molecular weight is 447 g/mol. The fourth-order valence-corrected chi connectivity index (χ4v) is 4.30. The summed E-state index contributed by atoms with van der Waals surface area (Å²) in [6.45, 7) is 7.24. The number of para-hydroxylation sites is 1. The molecule has 0 aliphatic heterocycles. The lowest BCUT2D eigenvalue weighted by Crippen LogP contribution is -2.02. The number of thioether (sulfide) groups is 1. The third kappa shape index (κ3) is 4.78. The first-order chi connectivity index (χ1) is 15.7. The molecule has 0 fully saturated rings. The van der Waals surface area contributed by atoms with Gasteiger partial charge >= 0.3 is 0 Å². The van der Waals surface area contributed by atoms with E-state index in [1.807, 2.05) is 50.2 Å². The van der Waals surface area contributed by atoms with Gasteiger partial charge in [-0.3, -0.25) is 9.55 Å². The molecule has 164 valence electrons. The summed E-state index contributed by atoms with van der Waals surface area (Å²) in [6, 6.07) is 18.3. The molecule has 4 rings (SSSR count). The molecule has 7 heteroatoms. The number of aryl methyl sites for hydroxylation is 1. The lowest BCUT2D eigenvalue weighted by atomic mass is 10.2. The maximum atomic E-state index is 5.78. The normalized spacial score (nSPS) is 10.8. The largest absolute Gasteiger partial charge is 0.490 e. The SMILES string of the molecule is CCOc1ccc(CSc2nnc(-c3ccncc3)n2-c2ccccc2C)cc1OCC.